The van der Waals surface area contributed by atoms with Gasteiger partial charge in [0.2, 0.25) is 0 Å². The van der Waals surface area contributed by atoms with E-state index in [0.717, 1.165) is 4.47 Å². The molecule has 0 aromatic carbocycles. The monoisotopic (exact) mass is 312 g/mol. The molecule has 18 heavy (non-hydrogen) atoms. The number of hydrogen-bond acceptors (Lipinski definition) is 4. The minimum atomic E-state index is -0.377. The molecule has 1 aliphatic carbocycles. The van der Waals surface area contributed by atoms with Crippen molar-refractivity contribution >= 4 is 27.7 Å². The predicted molar refractivity (Wildman–Crippen MR) is 73.7 cm³/mol. The third kappa shape index (κ3) is 2.83. The van der Waals surface area contributed by atoms with Gasteiger partial charge in [0, 0.05) is 16.2 Å². The Morgan fingerprint density at radius 3 is 2.78 bits per heavy atom. The first-order chi connectivity index (χ1) is 8.44. The van der Waals surface area contributed by atoms with Crippen LogP contribution in [0.5, 0.6) is 0 Å². The number of hydrogen-bond donors (Lipinski definition) is 1. The molecule has 1 heterocycles. The Bertz CT molecular complexity index is 470. The van der Waals surface area contributed by atoms with Gasteiger partial charge in [-0.1, -0.05) is 0 Å². The largest absolute Gasteiger partial charge is 0.465 e. The Labute approximate surface area is 115 Å². The summed E-state index contributed by atoms with van der Waals surface area (Å²) in [4.78, 5) is 16.0. The van der Waals surface area contributed by atoms with Crippen LogP contribution in [0.4, 0.5) is 5.82 Å². The van der Waals surface area contributed by atoms with Crippen LogP contribution in [0.1, 0.15) is 37.0 Å². The Morgan fingerprint density at radius 1 is 1.56 bits per heavy atom. The van der Waals surface area contributed by atoms with E-state index in [0.29, 0.717) is 17.3 Å². The molecule has 1 aromatic heterocycles. The lowest BCUT2D eigenvalue weighted by molar-refractivity contribution is 0.0601. The molecular formula is C13H17BrN2O2. The quantitative estimate of drug-likeness (QED) is 0.867. The van der Waals surface area contributed by atoms with Gasteiger partial charge >= 0.3 is 5.97 Å². The molecule has 0 unspecified atom stereocenters. The molecule has 0 saturated heterocycles. The molecule has 1 saturated carbocycles. The summed E-state index contributed by atoms with van der Waals surface area (Å²) in [5.41, 5.74) is 0.407. The highest BCUT2D eigenvalue weighted by molar-refractivity contribution is 9.10. The van der Waals surface area contributed by atoms with E-state index in [2.05, 4.69) is 40.1 Å². The van der Waals surface area contributed by atoms with Crippen molar-refractivity contribution in [3.05, 3.63) is 22.3 Å². The molecule has 0 spiro atoms. The van der Waals surface area contributed by atoms with E-state index in [1.54, 1.807) is 12.3 Å². The topological polar surface area (TPSA) is 51.2 Å². The lowest BCUT2D eigenvalue weighted by atomic mass is 9.98. The van der Waals surface area contributed by atoms with Crippen molar-refractivity contribution in [1.82, 2.24) is 4.98 Å². The van der Waals surface area contributed by atoms with E-state index in [4.69, 9.17) is 4.74 Å². The van der Waals surface area contributed by atoms with Crippen molar-refractivity contribution in [2.75, 3.05) is 12.4 Å². The van der Waals surface area contributed by atoms with Gasteiger partial charge in [-0.15, -0.1) is 0 Å². The molecule has 98 valence electrons. The van der Waals surface area contributed by atoms with Gasteiger partial charge in [0.05, 0.1) is 7.11 Å². The SMILES string of the molecule is COC(=O)c1cc(Br)cnc1NC(C)(C)C1CC1. The van der Waals surface area contributed by atoms with Crippen molar-refractivity contribution < 1.29 is 9.53 Å². The van der Waals surface area contributed by atoms with E-state index in [1.807, 2.05) is 0 Å². The molecule has 0 atom stereocenters. The van der Waals surface area contributed by atoms with Crippen LogP contribution in [0.3, 0.4) is 0 Å². The van der Waals surface area contributed by atoms with E-state index in [-0.39, 0.29) is 11.5 Å². The number of nitrogens with zero attached hydrogens (tertiary/aromatic N) is 1. The standard InChI is InChI=1S/C13H17BrN2O2/c1-13(2,8-4-5-8)16-11-10(12(17)18-3)6-9(14)7-15-11/h6-8H,4-5H2,1-3H3,(H,15,16). The molecule has 0 bridgehead atoms. The summed E-state index contributed by atoms with van der Waals surface area (Å²) in [5, 5.41) is 3.36. The van der Waals surface area contributed by atoms with Gasteiger partial charge in [-0.2, -0.15) is 0 Å². The van der Waals surface area contributed by atoms with Gasteiger partial charge in [-0.05, 0) is 54.6 Å². The number of carbonyl (C=O) groups is 1. The van der Waals surface area contributed by atoms with Gasteiger partial charge in [-0.3, -0.25) is 0 Å². The summed E-state index contributed by atoms with van der Waals surface area (Å²) in [6.45, 7) is 4.27. The highest BCUT2D eigenvalue weighted by atomic mass is 79.9. The first-order valence-electron chi connectivity index (χ1n) is 5.96. The van der Waals surface area contributed by atoms with Crippen molar-refractivity contribution in [3.8, 4) is 0 Å². The van der Waals surface area contributed by atoms with E-state index in [1.165, 1.54) is 20.0 Å². The normalized spacial score (nSPS) is 15.3. The summed E-state index contributed by atoms with van der Waals surface area (Å²) < 4.78 is 5.54. The fraction of sp³-hybridized carbons (Fsp3) is 0.538. The summed E-state index contributed by atoms with van der Waals surface area (Å²) in [6.07, 6.45) is 4.13. The number of aromatic nitrogens is 1. The fourth-order valence-electron chi connectivity index (χ4n) is 2.02. The van der Waals surface area contributed by atoms with Crippen LogP contribution in [0, 0.1) is 5.92 Å². The molecule has 5 heteroatoms. The van der Waals surface area contributed by atoms with E-state index in [9.17, 15) is 4.79 Å². The second-order valence-corrected chi connectivity index (χ2v) is 6.08. The smallest absolute Gasteiger partial charge is 0.341 e. The zero-order chi connectivity index (χ0) is 13.3. The van der Waals surface area contributed by atoms with Gasteiger partial charge in [0.15, 0.2) is 0 Å². The zero-order valence-electron chi connectivity index (χ0n) is 10.8. The summed E-state index contributed by atoms with van der Waals surface area (Å²) >= 11 is 3.32. The molecule has 1 N–H and O–H groups in total. The molecule has 4 nitrogen and oxygen atoms in total. The number of esters is 1. The van der Waals surface area contributed by atoms with Crippen molar-refractivity contribution in [3.63, 3.8) is 0 Å². The molecule has 2 rings (SSSR count). The van der Waals surface area contributed by atoms with Crippen molar-refractivity contribution in [2.24, 2.45) is 5.92 Å². The van der Waals surface area contributed by atoms with Crippen molar-refractivity contribution in [2.45, 2.75) is 32.2 Å². The number of methoxy groups -OCH3 is 1. The van der Waals surface area contributed by atoms with Crippen LogP contribution in [0.2, 0.25) is 0 Å². The van der Waals surface area contributed by atoms with Crippen LogP contribution < -0.4 is 5.32 Å². The Hall–Kier alpha value is -1.10. The summed E-state index contributed by atoms with van der Waals surface area (Å²) in [5.74, 6) is 0.855. The first kappa shape index (κ1) is 13.3. The third-order valence-electron chi connectivity index (χ3n) is 3.30. The first-order valence-corrected chi connectivity index (χ1v) is 6.75. The van der Waals surface area contributed by atoms with Crippen LogP contribution in [-0.4, -0.2) is 23.6 Å². The van der Waals surface area contributed by atoms with Crippen LogP contribution in [-0.2, 0) is 4.74 Å². The fourth-order valence-corrected chi connectivity index (χ4v) is 2.35. The van der Waals surface area contributed by atoms with Gasteiger partial charge in [-0.25, -0.2) is 9.78 Å². The van der Waals surface area contributed by atoms with Gasteiger partial charge in [0.1, 0.15) is 11.4 Å². The second kappa shape index (κ2) is 4.88. The molecule has 0 radical (unpaired) electrons. The van der Waals surface area contributed by atoms with Gasteiger partial charge < -0.3 is 10.1 Å². The lowest BCUT2D eigenvalue weighted by Gasteiger charge is -2.27. The maximum atomic E-state index is 11.7. The van der Waals surface area contributed by atoms with E-state index < -0.39 is 0 Å². The number of pyridine rings is 1. The Balaban J connectivity index is 2.29. The Morgan fingerprint density at radius 2 is 2.22 bits per heavy atom. The minimum Gasteiger partial charge on any atom is -0.465 e. The molecule has 0 aliphatic heterocycles. The summed E-state index contributed by atoms with van der Waals surface area (Å²) in [6, 6.07) is 1.73. The number of anilines is 1. The minimum absolute atomic E-state index is 0.0520. The average molecular weight is 313 g/mol. The number of carbonyl (C=O) groups excluding carboxylic acids is 1. The van der Waals surface area contributed by atoms with Crippen molar-refractivity contribution in [1.29, 1.82) is 0 Å². The molecule has 0 amide bonds. The van der Waals surface area contributed by atoms with E-state index >= 15 is 0 Å². The highest BCUT2D eigenvalue weighted by Gasteiger charge is 2.38. The maximum absolute atomic E-state index is 11.7. The number of halogens is 1. The Kier molecular flexibility index (Phi) is 3.61. The van der Waals surface area contributed by atoms with Crippen LogP contribution >= 0.6 is 15.9 Å². The predicted octanol–water partition coefficient (Wildman–Crippen LogP) is 3.23. The number of rotatable bonds is 4. The second-order valence-electron chi connectivity index (χ2n) is 5.16. The molecule has 1 aromatic rings. The highest BCUT2D eigenvalue weighted by Crippen LogP contribution is 2.41. The van der Waals surface area contributed by atoms with Gasteiger partial charge in [0.25, 0.3) is 0 Å². The number of ether oxygens (including phenoxy) is 1. The molecular weight excluding hydrogens is 296 g/mol. The number of nitrogens with one attached hydrogen (secondary N) is 1. The maximum Gasteiger partial charge on any atom is 0.341 e. The molecule has 1 aliphatic rings. The van der Waals surface area contributed by atoms with Crippen LogP contribution in [0.25, 0.3) is 0 Å². The molecule has 1 fully saturated rings. The summed E-state index contributed by atoms with van der Waals surface area (Å²) in [7, 11) is 1.37. The third-order valence-corrected chi connectivity index (χ3v) is 3.73. The zero-order valence-corrected chi connectivity index (χ0v) is 12.4. The average Bonchev–Trinajstić information content (AvgIpc) is 3.14. The van der Waals surface area contributed by atoms with Crippen LogP contribution in [0.15, 0.2) is 16.7 Å². The lowest BCUT2D eigenvalue weighted by Crippen LogP contribution is -2.34.